The Labute approximate surface area is 164 Å². The Morgan fingerprint density at radius 3 is 1.52 bits per heavy atom. The Hall–Kier alpha value is -2.26. The number of benzene rings is 3. The monoisotopic (exact) mass is 372 g/mol. The van der Waals surface area contributed by atoms with Gasteiger partial charge in [0.15, 0.2) is 0 Å². The highest BCUT2D eigenvalue weighted by Crippen LogP contribution is 2.56. The van der Waals surface area contributed by atoms with Gasteiger partial charge < -0.3 is 0 Å². The number of hydrogen-bond acceptors (Lipinski definition) is 3. The molecule has 5 rings (SSSR count). The van der Waals surface area contributed by atoms with Gasteiger partial charge in [0.25, 0.3) is 0 Å². The second kappa shape index (κ2) is 5.17. The van der Waals surface area contributed by atoms with Crippen molar-refractivity contribution in [1.82, 2.24) is 8.75 Å². The molecule has 0 aliphatic heterocycles. The van der Waals surface area contributed by atoms with Crippen molar-refractivity contribution in [2.45, 2.75) is 52.4 Å². The van der Waals surface area contributed by atoms with Crippen molar-refractivity contribution < 1.29 is 0 Å². The summed E-state index contributed by atoms with van der Waals surface area (Å²) in [6.07, 6.45) is 0. The molecule has 0 bridgehead atoms. The van der Waals surface area contributed by atoms with Crippen LogP contribution < -0.4 is 0 Å². The molecule has 1 aliphatic rings. The third-order valence-corrected chi connectivity index (χ3v) is 6.18. The second-order valence-electron chi connectivity index (χ2n) is 9.67. The molecule has 4 aromatic rings. The van der Waals surface area contributed by atoms with Crippen LogP contribution in [0.2, 0.25) is 0 Å². The Balaban J connectivity index is 2.12. The average molecular weight is 373 g/mol. The van der Waals surface area contributed by atoms with Gasteiger partial charge in [-0.3, -0.25) is 0 Å². The first-order valence-corrected chi connectivity index (χ1v) is 10.3. The fourth-order valence-electron chi connectivity index (χ4n) is 4.76. The van der Waals surface area contributed by atoms with Gasteiger partial charge in [-0.1, -0.05) is 77.9 Å². The third kappa shape index (κ3) is 2.18. The SMILES string of the molecule is CC(C)(C)c1c2c(c(C(C)(C)C)c3nsnc13)-c1cccc3cccc-2c13. The lowest BCUT2D eigenvalue weighted by Gasteiger charge is -2.29. The number of nitrogens with zero attached hydrogens (tertiary/aromatic N) is 2. The van der Waals surface area contributed by atoms with E-state index in [1.165, 1.54) is 55.9 Å². The smallest absolute Gasteiger partial charge is 0.109 e. The van der Waals surface area contributed by atoms with Crippen LogP contribution >= 0.6 is 11.7 Å². The summed E-state index contributed by atoms with van der Waals surface area (Å²) in [4.78, 5) is 0. The first-order valence-electron chi connectivity index (χ1n) is 9.55. The first-order chi connectivity index (χ1) is 12.7. The van der Waals surface area contributed by atoms with Crippen molar-refractivity contribution in [3.8, 4) is 22.3 Å². The van der Waals surface area contributed by atoms with Crippen LogP contribution in [0.3, 0.4) is 0 Å². The molecule has 3 aromatic carbocycles. The highest BCUT2D eigenvalue weighted by Gasteiger charge is 2.37. The summed E-state index contributed by atoms with van der Waals surface area (Å²) in [5.74, 6) is 0. The molecule has 1 heterocycles. The zero-order valence-electron chi connectivity index (χ0n) is 16.8. The minimum absolute atomic E-state index is 0.0152. The minimum Gasteiger partial charge on any atom is -0.173 e. The summed E-state index contributed by atoms with van der Waals surface area (Å²) < 4.78 is 9.59. The molecule has 0 saturated heterocycles. The first kappa shape index (κ1) is 16.9. The quantitative estimate of drug-likeness (QED) is 0.290. The predicted molar refractivity (Wildman–Crippen MR) is 117 cm³/mol. The maximum atomic E-state index is 4.79. The molecular formula is C24H24N2S. The number of hydrogen-bond donors (Lipinski definition) is 0. The molecule has 0 saturated carbocycles. The van der Waals surface area contributed by atoms with Crippen LogP contribution in [0.25, 0.3) is 44.1 Å². The zero-order chi connectivity index (χ0) is 19.1. The molecule has 136 valence electrons. The summed E-state index contributed by atoms with van der Waals surface area (Å²) in [5.41, 5.74) is 10.3. The van der Waals surface area contributed by atoms with Crippen LogP contribution in [0.5, 0.6) is 0 Å². The van der Waals surface area contributed by atoms with E-state index in [9.17, 15) is 0 Å². The molecule has 0 unspecified atom stereocenters. The molecule has 0 atom stereocenters. The van der Waals surface area contributed by atoms with Gasteiger partial charge in [-0.25, -0.2) is 0 Å². The number of fused-ring (bicyclic) bond motifs is 4. The summed E-state index contributed by atoms with van der Waals surface area (Å²) >= 11 is 1.34. The van der Waals surface area contributed by atoms with E-state index in [0.717, 1.165) is 11.0 Å². The summed E-state index contributed by atoms with van der Waals surface area (Å²) in [7, 11) is 0. The molecule has 2 nitrogen and oxygen atoms in total. The van der Waals surface area contributed by atoms with Gasteiger partial charge >= 0.3 is 0 Å². The van der Waals surface area contributed by atoms with Crippen LogP contribution in [-0.2, 0) is 10.8 Å². The van der Waals surface area contributed by atoms with Gasteiger partial charge in [-0.2, -0.15) is 8.75 Å². The summed E-state index contributed by atoms with van der Waals surface area (Å²) in [6.45, 7) is 13.8. The van der Waals surface area contributed by atoms with Gasteiger partial charge in [-0.05, 0) is 55.0 Å². The maximum Gasteiger partial charge on any atom is 0.109 e. The Kier molecular flexibility index (Phi) is 3.23. The van der Waals surface area contributed by atoms with E-state index in [2.05, 4.69) is 77.9 Å². The predicted octanol–water partition coefficient (Wildman–Crippen LogP) is 7.09. The fourth-order valence-corrected chi connectivity index (χ4v) is 5.32. The Bertz CT molecular complexity index is 1140. The van der Waals surface area contributed by atoms with Crippen LogP contribution in [0.4, 0.5) is 0 Å². The van der Waals surface area contributed by atoms with Crippen molar-refractivity contribution in [3.63, 3.8) is 0 Å². The number of rotatable bonds is 0. The van der Waals surface area contributed by atoms with Crippen LogP contribution in [0.1, 0.15) is 52.7 Å². The van der Waals surface area contributed by atoms with E-state index in [0.29, 0.717) is 0 Å². The normalized spacial score (nSPS) is 13.6. The topological polar surface area (TPSA) is 25.8 Å². The molecular weight excluding hydrogens is 348 g/mol. The Morgan fingerprint density at radius 1 is 0.667 bits per heavy atom. The minimum atomic E-state index is -0.0152. The Morgan fingerprint density at radius 2 is 1.11 bits per heavy atom. The van der Waals surface area contributed by atoms with Crippen LogP contribution in [0, 0.1) is 0 Å². The molecule has 0 spiro atoms. The standard InChI is InChI=1S/C24H24N2S/c1-23(2,3)19-17-14-11-7-9-13-10-8-12-15(16(13)14)18(17)20(24(4,5)6)22-21(19)25-27-26-22/h7-12H,1-6H3. The van der Waals surface area contributed by atoms with Gasteiger partial charge in [0.2, 0.25) is 0 Å². The molecule has 0 fully saturated rings. The van der Waals surface area contributed by atoms with Gasteiger partial charge in [0.05, 0.1) is 11.7 Å². The van der Waals surface area contributed by atoms with Gasteiger partial charge in [-0.15, -0.1) is 0 Å². The van der Waals surface area contributed by atoms with Crippen LogP contribution in [0.15, 0.2) is 36.4 Å². The van der Waals surface area contributed by atoms with Crippen molar-refractivity contribution >= 4 is 33.5 Å². The molecule has 1 aromatic heterocycles. The fraction of sp³-hybridized carbons (Fsp3) is 0.333. The molecule has 3 heteroatoms. The molecule has 27 heavy (non-hydrogen) atoms. The van der Waals surface area contributed by atoms with E-state index < -0.39 is 0 Å². The van der Waals surface area contributed by atoms with Crippen molar-refractivity contribution in [2.75, 3.05) is 0 Å². The van der Waals surface area contributed by atoms with E-state index >= 15 is 0 Å². The van der Waals surface area contributed by atoms with Gasteiger partial charge in [0.1, 0.15) is 11.0 Å². The third-order valence-electron chi connectivity index (χ3n) is 5.66. The van der Waals surface area contributed by atoms with Crippen LogP contribution in [-0.4, -0.2) is 8.75 Å². The van der Waals surface area contributed by atoms with E-state index in [1.54, 1.807) is 0 Å². The molecule has 0 radical (unpaired) electrons. The summed E-state index contributed by atoms with van der Waals surface area (Å²) in [6, 6.07) is 13.4. The highest BCUT2D eigenvalue weighted by atomic mass is 32.1. The van der Waals surface area contributed by atoms with E-state index in [-0.39, 0.29) is 10.8 Å². The van der Waals surface area contributed by atoms with E-state index in [1.807, 2.05) is 0 Å². The molecule has 0 N–H and O–H groups in total. The molecule has 1 aliphatic carbocycles. The van der Waals surface area contributed by atoms with Crippen molar-refractivity contribution in [2.24, 2.45) is 0 Å². The summed E-state index contributed by atoms with van der Waals surface area (Å²) in [5, 5.41) is 2.69. The zero-order valence-corrected chi connectivity index (χ0v) is 17.6. The van der Waals surface area contributed by atoms with Gasteiger partial charge in [0, 0.05) is 0 Å². The highest BCUT2D eigenvalue weighted by molar-refractivity contribution is 7.00. The maximum absolute atomic E-state index is 4.79. The second-order valence-corrected chi connectivity index (χ2v) is 10.2. The lowest BCUT2D eigenvalue weighted by molar-refractivity contribution is 0.587. The van der Waals surface area contributed by atoms with Crippen molar-refractivity contribution in [3.05, 3.63) is 47.5 Å². The number of aromatic nitrogens is 2. The largest absolute Gasteiger partial charge is 0.173 e. The average Bonchev–Trinajstić information content (AvgIpc) is 3.16. The lowest BCUT2D eigenvalue weighted by Crippen LogP contribution is -2.19. The van der Waals surface area contributed by atoms with Crippen molar-refractivity contribution in [1.29, 1.82) is 0 Å². The molecule has 0 amide bonds. The lowest BCUT2D eigenvalue weighted by atomic mass is 9.74. The van der Waals surface area contributed by atoms with E-state index in [4.69, 9.17) is 8.75 Å².